The first-order chi connectivity index (χ1) is 28.2. The molecule has 0 amide bonds. The molecular weight excluding hydrogens is 701 g/mol. The Morgan fingerprint density at radius 3 is 1.46 bits per heavy atom. The van der Waals surface area contributed by atoms with E-state index in [2.05, 4.69) is 150 Å². The van der Waals surface area contributed by atoms with E-state index in [-0.39, 0.29) is 0 Å². The Morgan fingerprint density at radius 2 is 0.789 bits per heavy atom. The van der Waals surface area contributed by atoms with Gasteiger partial charge in [0.2, 0.25) is 0 Å². The summed E-state index contributed by atoms with van der Waals surface area (Å²) in [6.45, 7) is 0. The van der Waals surface area contributed by atoms with Crippen LogP contribution in [0.2, 0.25) is 0 Å². The summed E-state index contributed by atoms with van der Waals surface area (Å²) < 4.78 is 15.1. The fourth-order valence-electron chi connectivity index (χ4n) is 8.34. The average molecular weight is 731 g/mol. The predicted octanol–water partition coefficient (Wildman–Crippen LogP) is 13.4. The maximum atomic E-state index is 6.45. The van der Waals surface area contributed by atoms with Gasteiger partial charge in [-0.2, -0.15) is 0 Å². The fraction of sp³-hybridized carbons (Fsp3) is 0. The third-order valence-electron chi connectivity index (χ3n) is 11.1. The highest BCUT2D eigenvalue weighted by Crippen LogP contribution is 2.37. The minimum Gasteiger partial charge on any atom is -0.456 e. The van der Waals surface area contributed by atoms with Crippen LogP contribution in [0, 0.1) is 0 Å². The van der Waals surface area contributed by atoms with Crippen LogP contribution in [0.25, 0.3) is 117 Å². The predicted molar refractivity (Wildman–Crippen MR) is 230 cm³/mol. The molecule has 4 aromatic heterocycles. The maximum absolute atomic E-state index is 6.45. The zero-order valence-corrected chi connectivity index (χ0v) is 30.4. The third kappa shape index (κ3) is 5.08. The monoisotopic (exact) mass is 730 g/mol. The molecule has 6 nitrogen and oxygen atoms in total. The van der Waals surface area contributed by atoms with Gasteiger partial charge in [0.05, 0.1) is 11.0 Å². The van der Waals surface area contributed by atoms with Crippen molar-refractivity contribution in [1.82, 2.24) is 19.5 Å². The molecule has 0 radical (unpaired) electrons. The molecule has 0 N–H and O–H groups in total. The van der Waals surface area contributed by atoms with Crippen molar-refractivity contribution in [3.05, 3.63) is 182 Å². The Hall–Kier alpha value is -7.83. The van der Waals surface area contributed by atoms with Crippen LogP contribution in [0.4, 0.5) is 0 Å². The summed E-state index contributed by atoms with van der Waals surface area (Å²) in [6.07, 6.45) is 0. The summed E-state index contributed by atoms with van der Waals surface area (Å²) in [5.74, 6) is 1.67. The second kappa shape index (κ2) is 12.3. The molecule has 0 saturated heterocycles. The van der Waals surface area contributed by atoms with Crippen molar-refractivity contribution >= 4 is 65.7 Å². The zero-order valence-electron chi connectivity index (χ0n) is 30.4. The number of para-hydroxylation sites is 3. The van der Waals surface area contributed by atoms with Crippen LogP contribution < -0.4 is 0 Å². The first-order valence-corrected chi connectivity index (χ1v) is 19.0. The van der Waals surface area contributed by atoms with Crippen molar-refractivity contribution in [2.45, 2.75) is 0 Å². The lowest BCUT2D eigenvalue weighted by Crippen LogP contribution is -2.01. The Balaban J connectivity index is 1.03. The lowest BCUT2D eigenvalue weighted by atomic mass is 10.0. The normalized spacial score (nSPS) is 11.9. The molecule has 0 aliphatic heterocycles. The van der Waals surface area contributed by atoms with Gasteiger partial charge in [-0.15, -0.1) is 0 Å². The summed E-state index contributed by atoms with van der Waals surface area (Å²) in [7, 11) is 0. The smallest absolute Gasteiger partial charge is 0.164 e. The van der Waals surface area contributed by atoms with Crippen LogP contribution in [0.1, 0.15) is 0 Å². The van der Waals surface area contributed by atoms with Crippen LogP contribution in [0.3, 0.4) is 0 Å². The third-order valence-corrected chi connectivity index (χ3v) is 11.1. The topological polar surface area (TPSA) is 69.9 Å². The highest BCUT2D eigenvalue weighted by atomic mass is 16.3. The van der Waals surface area contributed by atoms with Crippen molar-refractivity contribution in [3.63, 3.8) is 0 Å². The summed E-state index contributed by atoms with van der Waals surface area (Å²) in [5, 5.41) is 6.65. The molecule has 0 atom stereocenters. The summed E-state index contributed by atoms with van der Waals surface area (Å²) in [5.41, 5.74) is 11.4. The van der Waals surface area contributed by atoms with Crippen molar-refractivity contribution in [3.8, 4) is 51.0 Å². The van der Waals surface area contributed by atoms with Gasteiger partial charge in [-0.25, -0.2) is 15.0 Å². The van der Waals surface area contributed by atoms with Gasteiger partial charge in [-0.1, -0.05) is 115 Å². The summed E-state index contributed by atoms with van der Waals surface area (Å²) in [4.78, 5) is 15.4. The van der Waals surface area contributed by atoms with E-state index in [1.54, 1.807) is 0 Å². The minimum atomic E-state index is 0.550. The number of fused-ring (bicyclic) bond motifs is 9. The molecule has 12 aromatic rings. The molecule has 57 heavy (non-hydrogen) atoms. The van der Waals surface area contributed by atoms with Crippen LogP contribution in [-0.2, 0) is 0 Å². The molecule has 0 saturated carbocycles. The van der Waals surface area contributed by atoms with Crippen molar-refractivity contribution in [2.75, 3.05) is 0 Å². The minimum absolute atomic E-state index is 0.550. The molecule has 0 fully saturated rings. The second-order valence-electron chi connectivity index (χ2n) is 14.4. The quantitative estimate of drug-likeness (QED) is 0.176. The van der Waals surface area contributed by atoms with E-state index in [0.29, 0.717) is 17.5 Å². The van der Waals surface area contributed by atoms with E-state index in [1.807, 2.05) is 36.4 Å². The lowest BCUT2D eigenvalue weighted by Gasteiger charge is -2.11. The van der Waals surface area contributed by atoms with Crippen LogP contribution in [0.5, 0.6) is 0 Å². The fourth-order valence-corrected chi connectivity index (χ4v) is 8.34. The molecule has 0 aliphatic rings. The molecule has 0 unspecified atom stereocenters. The maximum Gasteiger partial charge on any atom is 0.164 e. The van der Waals surface area contributed by atoms with E-state index in [4.69, 9.17) is 23.8 Å². The van der Waals surface area contributed by atoms with Crippen molar-refractivity contribution in [2.24, 2.45) is 0 Å². The Kier molecular flexibility index (Phi) is 6.83. The number of aromatic nitrogens is 4. The van der Waals surface area contributed by atoms with Gasteiger partial charge in [0, 0.05) is 54.7 Å². The lowest BCUT2D eigenvalue weighted by molar-refractivity contribution is 0.668. The summed E-state index contributed by atoms with van der Waals surface area (Å²) in [6, 6.07) is 62.8. The molecule has 266 valence electrons. The van der Waals surface area contributed by atoms with E-state index in [1.165, 1.54) is 16.3 Å². The Morgan fingerprint density at radius 1 is 0.298 bits per heavy atom. The SMILES string of the molecule is c1ccc(-c2ccc3oc4cc(-c5nc(-c6cccc(-n7c8ccccc8c8ccccc87)c6)nc(-c6ccc7c(c6)oc6ccccc67)n5)ccc4c3c2)cc1. The standard InChI is InChI=1S/C51H30N4O2/c1-2-11-31(12-3-1)32-23-26-46-42(28-32)41-25-22-35(30-48(41)57-46)51-53-49(52-50(54-51)34-21-24-40-39-17-6-9-20-45(39)56-47(40)29-34)33-13-10-14-36(27-33)55-43-18-7-4-15-37(43)38-16-5-8-19-44(38)55/h1-30H. The molecule has 8 aromatic carbocycles. The van der Waals surface area contributed by atoms with E-state index >= 15 is 0 Å². The molecule has 0 spiro atoms. The van der Waals surface area contributed by atoms with E-state index in [9.17, 15) is 0 Å². The number of nitrogens with zero attached hydrogens (tertiary/aromatic N) is 4. The van der Waals surface area contributed by atoms with E-state index < -0.39 is 0 Å². The zero-order chi connectivity index (χ0) is 37.5. The van der Waals surface area contributed by atoms with Crippen LogP contribution >= 0.6 is 0 Å². The van der Waals surface area contributed by atoms with E-state index in [0.717, 1.165) is 82.9 Å². The second-order valence-corrected chi connectivity index (χ2v) is 14.4. The largest absolute Gasteiger partial charge is 0.456 e. The Bertz CT molecular complexity index is 3490. The highest BCUT2D eigenvalue weighted by molar-refractivity contribution is 6.10. The van der Waals surface area contributed by atoms with Crippen molar-refractivity contribution in [1.29, 1.82) is 0 Å². The van der Waals surface area contributed by atoms with Crippen LogP contribution in [0.15, 0.2) is 191 Å². The van der Waals surface area contributed by atoms with Gasteiger partial charge < -0.3 is 13.4 Å². The number of hydrogen-bond acceptors (Lipinski definition) is 5. The van der Waals surface area contributed by atoms with Gasteiger partial charge in [-0.05, 0) is 77.9 Å². The van der Waals surface area contributed by atoms with Gasteiger partial charge in [0.25, 0.3) is 0 Å². The molecule has 6 heteroatoms. The average Bonchev–Trinajstić information content (AvgIpc) is 3.95. The van der Waals surface area contributed by atoms with Gasteiger partial charge >= 0.3 is 0 Å². The first-order valence-electron chi connectivity index (χ1n) is 19.0. The van der Waals surface area contributed by atoms with Crippen molar-refractivity contribution < 1.29 is 8.83 Å². The van der Waals surface area contributed by atoms with Gasteiger partial charge in [0.15, 0.2) is 17.5 Å². The number of benzene rings is 8. The van der Waals surface area contributed by atoms with Crippen LogP contribution in [-0.4, -0.2) is 19.5 Å². The summed E-state index contributed by atoms with van der Waals surface area (Å²) >= 11 is 0. The molecule has 4 heterocycles. The number of rotatable bonds is 5. The first kappa shape index (κ1) is 31.5. The number of furan rings is 2. The molecular formula is C51H30N4O2. The Labute approximate surface area is 325 Å². The van der Waals surface area contributed by atoms with Gasteiger partial charge in [0.1, 0.15) is 22.3 Å². The number of hydrogen-bond donors (Lipinski definition) is 0. The van der Waals surface area contributed by atoms with Gasteiger partial charge in [-0.3, -0.25) is 0 Å². The molecule has 0 aliphatic carbocycles. The highest BCUT2D eigenvalue weighted by Gasteiger charge is 2.18. The molecule has 12 rings (SSSR count). The molecule has 0 bridgehead atoms.